The monoisotopic (exact) mass is 469 g/mol. The van der Waals surface area contributed by atoms with E-state index in [-0.39, 0.29) is 5.75 Å². The summed E-state index contributed by atoms with van der Waals surface area (Å²) in [5.41, 5.74) is 4.21. The average molecular weight is 470 g/mol. The lowest BCUT2D eigenvalue weighted by molar-refractivity contribution is -0.136. The number of carbonyl (C=O) groups is 3. The molecule has 0 radical (unpaired) electrons. The lowest BCUT2D eigenvalue weighted by atomic mass is 10.2. The van der Waals surface area contributed by atoms with E-state index in [1.54, 1.807) is 60.7 Å². The van der Waals surface area contributed by atoms with Crippen LogP contribution in [0, 0.1) is 6.92 Å². The molecule has 7 nitrogen and oxygen atoms in total. The van der Waals surface area contributed by atoms with Gasteiger partial charge < -0.3 is 10.1 Å². The Hall–Kier alpha value is -3.68. The normalized spacial score (nSPS) is 10.6. The molecule has 0 unspecified atom stereocenters. The number of rotatable bonds is 5. The number of nitrogens with zero attached hydrogens (tertiary/aromatic N) is 1. The first-order chi connectivity index (χ1) is 15.3. The van der Waals surface area contributed by atoms with Crippen LogP contribution in [0.5, 0.6) is 5.75 Å². The Morgan fingerprint density at radius 1 is 0.938 bits per heavy atom. The summed E-state index contributed by atoms with van der Waals surface area (Å²) in [4.78, 5) is 36.1. The number of hydrogen-bond donors (Lipinski definition) is 2. The first-order valence-electron chi connectivity index (χ1n) is 9.30. The molecule has 3 aromatic carbocycles. The van der Waals surface area contributed by atoms with E-state index < -0.39 is 17.8 Å². The van der Waals surface area contributed by atoms with Gasteiger partial charge in [0.15, 0.2) is 0 Å². The first kappa shape index (κ1) is 23.0. The fourth-order valence-electron chi connectivity index (χ4n) is 2.51. The summed E-state index contributed by atoms with van der Waals surface area (Å²) in [5.74, 6) is -2.14. The van der Waals surface area contributed by atoms with E-state index in [2.05, 4.69) is 15.8 Å². The molecule has 0 saturated carbocycles. The molecule has 32 heavy (non-hydrogen) atoms. The van der Waals surface area contributed by atoms with Crippen molar-refractivity contribution in [3.63, 3.8) is 0 Å². The highest BCUT2D eigenvalue weighted by Gasteiger charge is 2.13. The van der Waals surface area contributed by atoms with Gasteiger partial charge in [-0.05, 0) is 60.5 Å². The minimum atomic E-state index is -0.957. The molecule has 9 heteroatoms. The van der Waals surface area contributed by atoms with Gasteiger partial charge in [0.1, 0.15) is 5.75 Å². The summed E-state index contributed by atoms with van der Waals surface area (Å²) in [7, 11) is 0. The average Bonchev–Trinajstić information content (AvgIpc) is 2.76. The summed E-state index contributed by atoms with van der Waals surface area (Å²) >= 11 is 11.9. The van der Waals surface area contributed by atoms with Crippen molar-refractivity contribution in [2.45, 2.75) is 6.92 Å². The predicted molar refractivity (Wildman–Crippen MR) is 123 cm³/mol. The number of amides is 2. The fraction of sp³-hybridized carbons (Fsp3) is 0.0435. The van der Waals surface area contributed by atoms with Crippen LogP contribution in [-0.2, 0) is 9.59 Å². The Morgan fingerprint density at radius 2 is 1.72 bits per heavy atom. The molecule has 3 rings (SSSR count). The summed E-state index contributed by atoms with van der Waals surface area (Å²) in [6.45, 7) is 1.82. The van der Waals surface area contributed by atoms with Gasteiger partial charge in [-0.1, -0.05) is 47.5 Å². The molecule has 0 bridgehead atoms. The van der Waals surface area contributed by atoms with Crippen molar-refractivity contribution in [3.8, 4) is 5.75 Å². The van der Waals surface area contributed by atoms with Crippen molar-refractivity contribution in [3.05, 3.63) is 93.5 Å². The molecule has 0 aliphatic carbocycles. The van der Waals surface area contributed by atoms with E-state index in [0.29, 0.717) is 26.9 Å². The van der Waals surface area contributed by atoms with E-state index in [1.807, 2.05) is 6.92 Å². The van der Waals surface area contributed by atoms with Crippen molar-refractivity contribution in [2.75, 3.05) is 5.32 Å². The second kappa shape index (κ2) is 10.6. The smallest absolute Gasteiger partial charge is 0.343 e. The lowest BCUT2D eigenvalue weighted by Crippen LogP contribution is -2.32. The Labute approximate surface area is 194 Å². The lowest BCUT2D eigenvalue weighted by Gasteiger charge is -2.06. The number of ether oxygens (including phenoxy) is 1. The first-order valence-corrected chi connectivity index (χ1v) is 10.1. The Kier molecular flexibility index (Phi) is 7.59. The highest BCUT2D eigenvalue weighted by atomic mass is 35.5. The fourth-order valence-corrected chi connectivity index (χ4v) is 2.89. The number of carbonyl (C=O) groups excluding carboxylic acids is 3. The van der Waals surface area contributed by atoms with E-state index in [9.17, 15) is 14.4 Å². The number of halogens is 2. The van der Waals surface area contributed by atoms with Gasteiger partial charge in [-0.2, -0.15) is 5.10 Å². The molecule has 0 spiro atoms. The van der Waals surface area contributed by atoms with Gasteiger partial charge in [0, 0.05) is 15.7 Å². The van der Waals surface area contributed by atoms with Crippen molar-refractivity contribution in [2.24, 2.45) is 5.10 Å². The second-order valence-electron chi connectivity index (χ2n) is 6.59. The number of esters is 1. The maximum atomic E-state index is 12.2. The van der Waals surface area contributed by atoms with Crippen LogP contribution in [-0.4, -0.2) is 24.0 Å². The molecule has 0 aliphatic heterocycles. The number of nitrogens with one attached hydrogen (secondary N) is 2. The molecule has 0 heterocycles. The Balaban J connectivity index is 1.57. The van der Waals surface area contributed by atoms with Gasteiger partial charge in [-0.25, -0.2) is 10.2 Å². The van der Waals surface area contributed by atoms with Crippen molar-refractivity contribution in [1.29, 1.82) is 0 Å². The highest BCUT2D eigenvalue weighted by molar-refractivity contribution is 6.40. The quantitative estimate of drug-likeness (QED) is 0.187. The topological polar surface area (TPSA) is 96.9 Å². The number of hydrazone groups is 1. The van der Waals surface area contributed by atoms with Crippen LogP contribution in [0.3, 0.4) is 0 Å². The van der Waals surface area contributed by atoms with E-state index >= 15 is 0 Å². The van der Waals surface area contributed by atoms with E-state index in [0.717, 1.165) is 5.56 Å². The van der Waals surface area contributed by atoms with Crippen LogP contribution >= 0.6 is 23.2 Å². The maximum Gasteiger partial charge on any atom is 0.343 e. The summed E-state index contributed by atoms with van der Waals surface area (Å²) in [6, 6.07) is 17.8. The molecule has 0 saturated heterocycles. The summed E-state index contributed by atoms with van der Waals surface area (Å²) in [5, 5.41) is 7.08. The minimum absolute atomic E-state index is 0.277. The van der Waals surface area contributed by atoms with Gasteiger partial charge >= 0.3 is 17.8 Å². The molecule has 0 atom stereocenters. The molecule has 3 aromatic rings. The largest absolute Gasteiger partial charge is 0.423 e. The van der Waals surface area contributed by atoms with Crippen LogP contribution in [0.25, 0.3) is 0 Å². The predicted octanol–water partition coefficient (Wildman–Crippen LogP) is 4.61. The third-order valence-electron chi connectivity index (χ3n) is 4.14. The maximum absolute atomic E-state index is 12.2. The van der Waals surface area contributed by atoms with Crippen LogP contribution < -0.4 is 15.5 Å². The molecule has 0 aliphatic rings. The van der Waals surface area contributed by atoms with Crippen molar-refractivity contribution in [1.82, 2.24) is 5.43 Å². The van der Waals surface area contributed by atoms with Gasteiger partial charge in [0.25, 0.3) is 0 Å². The standard InChI is InChI=1S/C23H17Cl2N3O4/c1-14-8-9-18(12-20(14)25)27-21(29)22(30)28-26-13-15-4-2-7-19(10-15)32-23(31)16-5-3-6-17(24)11-16/h2-13H,1H3,(H,27,29)(H,28,30)/b26-13+. The van der Waals surface area contributed by atoms with Gasteiger partial charge in [0.2, 0.25) is 0 Å². The van der Waals surface area contributed by atoms with Crippen molar-refractivity contribution < 1.29 is 19.1 Å². The third kappa shape index (κ3) is 6.41. The van der Waals surface area contributed by atoms with E-state index in [1.165, 1.54) is 12.3 Å². The van der Waals surface area contributed by atoms with Gasteiger partial charge in [-0.15, -0.1) is 0 Å². The van der Waals surface area contributed by atoms with Crippen LogP contribution in [0.4, 0.5) is 5.69 Å². The molecule has 0 aromatic heterocycles. The molecule has 2 amide bonds. The minimum Gasteiger partial charge on any atom is -0.423 e. The number of hydrogen-bond acceptors (Lipinski definition) is 5. The van der Waals surface area contributed by atoms with Gasteiger partial charge in [0.05, 0.1) is 11.8 Å². The number of anilines is 1. The van der Waals surface area contributed by atoms with Crippen LogP contribution in [0.15, 0.2) is 71.8 Å². The van der Waals surface area contributed by atoms with Crippen LogP contribution in [0.1, 0.15) is 21.5 Å². The third-order valence-corrected chi connectivity index (χ3v) is 4.79. The zero-order valence-corrected chi connectivity index (χ0v) is 18.3. The SMILES string of the molecule is Cc1ccc(NC(=O)C(=O)N/N=C/c2cccc(OC(=O)c3cccc(Cl)c3)c2)cc1Cl. The zero-order valence-electron chi connectivity index (χ0n) is 16.8. The Bertz CT molecular complexity index is 1210. The molecule has 2 N–H and O–H groups in total. The molecular formula is C23H17Cl2N3O4. The molecule has 162 valence electrons. The summed E-state index contributed by atoms with van der Waals surface area (Å²) in [6.07, 6.45) is 1.31. The van der Waals surface area contributed by atoms with Crippen molar-refractivity contribution >= 4 is 52.9 Å². The highest BCUT2D eigenvalue weighted by Crippen LogP contribution is 2.20. The summed E-state index contributed by atoms with van der Waals surface area (Å²) < 4.78 is 5.32. The Morgan fingerprint density at radius 3 is 2.47 bits per heavy atom. The second-order valence-corrected chi connectivity index (χ2v) is 7.43. The van der Waals surface area contributed by atoms with Gasteiger partial charge in [-0.3, -0.25) is 9.59 Å². The molecular weight excluding hydrogens is 453 g/mol. The zero-order chi connectivity index (χ0) is 23.1. The number of aryl methyl sites for hydroxylation is 1. The van der Waals surface area contributed by atoms with E-state index in [4.69, 9.17) is 27.9 Å². The molecule has 0 fully saturated rings. The number of benzene rings is 3. The van der Waals surface area contributed by atoms with Crippen LogP contribution in [0.2, 0.25) is 10.0 Å².